The van der Waals surface area contributed by atoms with Gasteiger partial charge in [-0.25, -0.2) is 0 Å². The Balaban J connectivity index is 1.49. The van der Waals surface area contributed by atoms with Crippen molar-refractivity contribution < 1.29 is 138 Å². The minimum Gasteiger partial charge on any atom is -0.507 e. The Bertz CT molecular complexity index is 4320. The van der Waals surface area contributed by atoms with E-state index in [2.05, 4.69) is 0 Å². The van der Waals surface area contributed by atoms with Gasteiger partial charge in [0.1, 0.15) is 96.6 Å². The molecule has 0 bridgehead atoms. The largest absolute Gasteiger partial charge is 0.507 e. The van der Waals surface area contributed by atoms with Gasteiger partial charge in [0.15, 0.2) is 46.0 Å². The molecule has 0 spiro atoms. The van der Waals surface area contributed by atoms with Crippen molar-refractivity contribution in [3.8, 4) is 200 Å². The molecule has 2 aromatic heterocycles. The third-order valence-electron chi connectivity index (χ3n) is 15.0. The quantitative estimate of drug-likeness (QED) is 0.0447. The highest BCUT2D eigenvalue weighted by Gasteiger charge is 2.40. The van der Waals surface area contributed by atoms with Gasteiger partial charge in [0, 0.05) is 27.8 Å². The Kier molecular flexibility index (Phi) is 11.1. The maximum atomic E-state index is 13.0. The van der Waals surface area contributed by atoms with Crippen molar-refractivity contribution in [1.29, 1.82) is 0 Å². The highest BCUT2D eigenvalue weighted by molar-refractivity contribution is 6.49. The zero-order valence-corrected chi connectivity index (χ0v) is 42.0. The summed E-state index contributed by atoms with van der Waals surface area (Å²) in [6, 6.07) is 0. The van der Waals surface area contributed by atoms with Crippen LogP contribution < -0.4 is 27.3 Å². The van der Waals surface area contributed by atoms with E-state index in [1.54, 1.807) is 0 Å². The third-order valence-corrected chi connectivity index (χ3v) is 15.0. The first-order valence-electron chi connectivity index (χ1n) is 23.1. The summed E-state index contributed by atoms with van der Waals surface area (Å²) in [5.74, 6) is -37.9. The highest BCUT2D eigenvalue weighted by atomic mass is 16.4. The molecule has 27 N–H and O–H groups in total. The summed E-state index contributed by atoms with van der Waals surface area (Å²) in [5, 5.41) is 303. The van der Waals surface area contributed by atoms with Gasteiger partial charge in [0.05, 0.1) is 49.2 Å². The van der Waals surface area contributed by atoms with Gasteiger partial charge < -0.3 is 138 Å². The SMILES string of the molecule is Bc1c(O)c(O)c(O)c(O)c1-c1c(B)c(O)c2c(c1O)c1c(O)c(-c3c(B)c(O)c4c(c3O)c3c(O)c(-c5c(O)c(O)c(O)c(O)c5O)c(B)c(O)c3n4-c3c(O)c(O)c(O)c(O)c3O)c(B)c(O)c1n2-c1c(O)c(O)c(O)c(O)c1O. The molecule has 10 aromatic rings. The molecule has 0 aliphatic heterocycles. The molecule has 8 aromatic carbocycles. The van der Waals surface area contributed by atoms with Crippen molar-refractivity contribution in [2.45, 2.75) is 0 Å². The third kappa shape index (κ3) is 6.15. The topological polar surface area (TPSA) is 556 Å². The van der Waals surface area contributed by atoms with Gasteiger partial charge >= 0.3 is 0 Å². The first-order chi connectivity index (χ1) is 38.1. The second-order valence-electron chi connectivity index (χ2n) is 19.0. The van der Waals surface area contributed by atoms with E-state index in [0.717, 1.165) is 39.2 Å². The Morgan fingerprint density at radius 3 is 0.561 bits per heavy atom. The molecule has 0 fully saturated rings. The summed E-state index contributed by atoms with van der Waals surface area (Å²) in [6.07, 6.45) is 0. The van der Waals surface area contributed by atoms with E-state index < -0.39 is 271 Å². The van der Waals surface area contributed by atoms with Crippen molar-refractivity contribution in [3.05, 3.63) is 0 Å². The molecular weight excluding hydrogens is 1090 g/mol. The fraction of sp³-hybridized carbons (Fsp3) is 0. The minimum atomic E-state index is -1.57. The van der Waals surface area contributed by atoms with Gasteiger partial charge in [0.25, 0.3) is 0 Å². The highest BCUT2D eigenvalue weighted by Crippen LogP contribution is 2.63. The van der Waals surface area contributed by atoms with E-state index in [9.17, 15) is 138 Å². The number of aromatic nitrogens is 2. The van der Waals surface area contributed by atoms with Crippen molar-refractivity contribution in [2.75, 3.05) is 0 Å². The number of phenols is 27. The molecule has 416 valence electrons. The van der Waals surface area contributed by atoms with Gasteiger partial charge in [0.2, 0.25) is 63.2 Å². The lowest BCUT2D eigenvalue weighted by Crippen LogP contribution is -2.17. The number of rotatable bonds is 5. The Morgan fingerprint density at radius 1 is 0.159 bits per heavy atom. The molecule has 0 saturated heterocycles. The molecule has 0 aliphatic carbocycles. The summed E-state index contributed by atoms with van der Waals surface area (Å²) in [5.41, 5.74) is -14.8. The second kappa shape index (κ2) is 16.9. The van der Waals surface area contributed by atoms with Crippen LogP contribution in [0.1, 0.15) is 0 Å². The average molecular weight is 1130 g/mol. The standard InChI is InChI=1S/C48H37B5N2O27/c49-11-1(22(56)6-7-17(54(16(6)29(11)63)20-34(68)42(76)47(81)43(77)35(20)69)31(65)13(51)3(24(7)58)4-15(53)33(67)41(75)38(72)26(4)60)2-12(50)30(64)18-8(23(2)57)9-19(55(18)21-36(70)44(78)48(82)45(79)37(21)71)32(66)14(52)5(25(9)59)10-27(61)39(73)46(80)40(74)28(10)62/h56-82H,49-53H2. The van der Waals surface area contributed by atoms with Gasteiger partial charge in [-0.3, -0.25) is 9.13 Å². The average Bonchev–Trinajstić information content (AvgIpc) is 1.62. The first-order valence-corrected chi connectivity index (χ1v) is 23.1. The lowest BCUT2D eigenvalue weighted by molar-refractivity contribution is 0.327. The van der Waals surface area contributed by atoms with E-state index >= 15 is 0 Å². The summed E-state index contributed by atoms with van der Waals surface area (Å²) >= 11 is 0. The van der Waals surface area contributed by atoms with E-state index in [1.807, 2.05) is 0 Å². The van der Waals surface area contributed by atoms with Crippen molar-refractivity contribution in [1.82, 2.24) is 9.13 Å². The molecule has 0 aliphatic rings. The predicted octanol–water partition coefficient (Wildman–Crippen LogP) is -3.77. The van der Waals surface area contributed by atoms with E-state index in [0.29, 0.717) is 9.13 Å². The Hall–Kier alpha value is -11.7. The molecule has 0 saturated carbocycles. The Labute approximate surface area is 455 Å². The molecular formula is C48H37B5N2O27. The number of aromatic hydroxyl groups is 27. The maximum Gasteiger partial charge on any atom is 0.208 e. The zero-order valence-electron chi connectivity index (χ0n) is 42.0. The van der Waals surface area contributed by atoms with Crippen LogP contribution in [0, 0.1) is 0 Å². The van der Waals surface area contributed by atoms with E-state index in [4.69, 9.17) is 0 Å². The van der Waals surface area contributed by atoms with Gasteiger partial charge in [-0.15, -0.1) is 0 Å². The molecule has 34 heteroatoms. The molecule has 0 atom stereocenters. The fourth-order valence-electron chi connectivity index (χ4n) is 10.8. The number of fused-ring (bicyclic) bond motifs is 6. The minimum absolute atomic E-state index is 0.390. The second-order valence-corrected chi connectivity index (χ2v) is 19.0. The summed E-state index contributed by atoms with van der Waals surface area (Å²) in [7, 11) is 5.01. The molecule has 0 radical (unpaired) electrons. The van der Waals surface area contributed by atoms with Crippen molar-refractivity contribution >= 4 is 110 Å². The lowest BCUT2D eigenvalue weighted by Gasteiger charge is -2.21. The molecule has 0 amide bonds. The number of nitrogens with zero attached hydrogens (tertiary/aromatic N) is 2. The van der Waals surface area contributed by atoms with E-state index in [1.165, 1.54) is 0 Å². The fourth-order valence-corrected chi connectivity index (χ4v) is 10.8. The number of hydrogen-bond donors (Lipinski definition) is 27. The van der Waals surface area contributed by atoms with Crippen LogP contribution in [-0.4, -0.2) is 186 Å². The normalized spacial score (nSPS) is 11.8. The van der Waals surface area contributed by atoms with Gasteiger partial charge in [-0.05, 0) is 27.3 Å². The van der Waals surface area contributed by atoms with Crippen LogP contribution in [0.25, 0.3) is 88.4 Å². The van der Waals surface area contributed by atoms with Crippen LogP contribution in [0.15, 0.2) is 0 Å². The molecule has 29 nitrogen and oxygen atoms in total. The van der Waals surface area contributed by atoms with Crippen LogP contribution in [0.5, 0.6) is 155 Å². The smallest absolute Gasteiger partial charge is 0.208 e. The number of hydrogen-bond acceptors (Lipinski definition) is 27. The zero-order chi connectivity index (χ0) is 60.9. The predicted molar refractivity (Wildman–Crippen MR) is 297 cm³/mol. The molecule has 82 heavy (non-hydrogen) atoms. The molecule has 0 unspecified atom stereocenters. The Morgan fingerprint density at radius 2 is 0.317 bits per heavy atom. The van der Waals surface area contributed by atoms with Crippen molar-refractivity contribution in [3.63, 3.8) is 0 Å². The van der Waals surface area contributed by atoms with Crippen LogP contribution in [0.3, 0.4) is 0 Å². The van der Waals surface area contributed by atoms with Crippen LogP contribution in [0.4, 0.5) is 0 Å². The monoisotopic (exact) mass is 1130 g/mol. The number of benzene rings is 8. The first kappa shape index (κ1) is 53.7. The molecule has 2 heterocycles. The summed E-state index contributed by atoms with van der Waals surface area (Å²) in [4.78, 5) is 0. The number of phenolic OH excluding ortho intramolecular Hbond substituents is 27. The summed E-state index contributed by atoms with van der Waals surface area (Å²) in [6.45, 7) is 0. The van der Waals surface area contributed by atoms with Crippen LogP contribution in [0.2, 0.25) is 0 Å². The van der Waals surface area contributed by atoms with Crippen LogP contribution in [-0.2, 0) is 0 Å². The maximum absolute atomic E-state index is 13.0. The van der Waals surface area contributed by atoms with E-state index in [-0.39, 0.29) is 0 Å². The van der Waals surface area contributed by atoms with Gasteiger partial charge in [-0.1, -0.05) is 0 Å². The van der Waals surface area contributed by atoms with Gasteiger partial charge in [-0.2, -0.15) is 0 Å². The van der Waals surface area contributed by atoms with Crippen molar-refractivity contribution in [2.24, 2.45) is 0 Å². The van der Waals surface area contributed by atoms with Crippen LogP contribution >= 0.6 is 0 Å². The molecule has 10 rings (SSSR count). The summed E-state index contributed by atoms with van der Waals surface area (Å²) < 4.78 is 0.821. The lowest BCUT2D eigenvalue weighted by atomic mass is 9.76.